The van der Waals surface area contributed by atoms with Gasteiger partial charge in [-0.15, -0.1) is 0 Å². The summed E-state index contributed by atoms with van der Waals surface area (Å²) in [5, 5.41) is 0.690. The molecule has 78 valence electrons. The van der Waals surface area contributed by atoms with Crippen LogP contribution in [0.3, 0.4) is 0 Å². The van der Waals surface area contributed by atoms with Gasteiger partial charge in [-0.1, -0.05) is 23.4 Å². The Labute approximate surface area is 94.2 Å². The molecule has 15 heavy (non-hydrogen) atoms. The standard InChI is InChI=1S/C12H11ClO2/c1-15-12(14)5-3-2-4-10-6-8-11(13)9-7-10/h6-9H,3,5H2,1H3. The summed E-state index contributed by atoms with van der Waals surface area (Å²) < 4.78 is 4.49. The molecule has 0 aliphatic carbocycles. The summed E-state index contributed by atoms with van der Waals surface area (Å²) in [7, 11) is 1.37. The lowest BCUT2D eigenvalue weighted by Gasteiger charge is -1.92. The van der Waals surface area contributed by atoms with E-state index >= 15 is 0 Å². The van der Waals surface area contributed by atoms with Gasteiger partial charge in [-0.2, -0.15) is 0 Å². The van der Waals surface area contributed by atoms with E-state index in [2.05, 4.69) is 16.6 Å². The molecular formula is C12H11ClO2. The van der Waals surface area contributed by atoms with Crippen LogP contribution in [0.1, 0.15) is 18.4 Å². The quantitative estimate of drug-likeness (QED) is 0.568. The van der Waals surface area contributed by atoms with E-state index in [0.717, 1.165) is 5.56 Å². The lowest BCUT2D eigenvalue weighted by Crippen LogP contribution is -1.98. The molecule has 0 bridgehead atoms. The zero-order chi connectivity index (χ0) is 11.1. The van der Waals surface area contributed by atoms with Crippen molar-refractivity contribution < 1.29 is 9.53 Å². The van der Waals surface area contributed by atoms with E-state index in [-0.39, 0.29) is 5.97 Å². The molecule has 0 atom stereocenters. The molecular weight excluding hydrogens is 212 g/mol. The molecule has 0 aliphatic heterocycles. The van der Waals surface area contributed by atoms with Crippen LogP contribution in [-0.2, 0) is 9.53 Å². The Morgan fingerprint density at radius 1 is 1.40 bits per heavy atom. The van der Waals surface area contributed by atoms with Crippen molar-refractivity contribution in [3.05, 3.63) is 34.9 Å². The number of carbonyl (C=O) groups excluding carboxylic acids is 1. The molecule has 0 amide bonds. The largest absolute Gasteiger partial charge is 0.469 e. The van der Waals surface area contributed by atoms with E-state index in [1.54, 1.807) is 12.1 Å². The molecule has 0 aromatic heterocycles. The lowest BCUT2D eigenvalue weighted by molar-refractivity contribution is -0.140. The Balaban J connectivity index is 2.44. The normalized spacial score (nSPS) is 8.93. The van der Waals surface area contributed by atoms with E-state index in [9.17, 15) is 4.79 Å². The fourth-order valence-electron chi connectivity index (χ4n) is 0.964. The Kier molecular flexibility index (Phi) is 4.73. The van der Waals surface area contributed by atoms with Gasteiger partial charge in [0.2, 0.25) is 0 Å². The third-order valence-corrected chi connectivity index (χ3v) is 2.01. The molecule has 3 heteroatoms. The Morgan fingerprint density at radius 2 is 2.07 bits per heavy atom. The van der Waals surface area contributed by atoms with Gasteiger partial charge >= 0.3 is 5.97 Å². The molecule has 0 fully saturated rings. The van der Waals surface area contributed by atoms with E-state index in [1.165, 1.54) is 7.11 Å². The number of esters is 1. The van der Waals surface area contributed by atoms with Crippen LogP contribution < -0.4 is 0 Å². The highest BCUT2D eigenvalue weighted by atomic mass is 35.5. The van der Waals surface area contributed by atoms with Gasteiger partial charge in [0.15, 0.2) is 0 Å². The zero-order valence-corrected chi connectivity index (χ0v) is 9.17. The van der Waals surface area contributed by atoms with E-state index in [1.807, 2.05) is 12.1 Å². The Bertz CT molecular complexity index is 384. The predicted octanol–water partition coefficient (Wildman–Crippen LogP) is 2.64. The number of carbonyl (C=O) groups is 1. The topological polar surface area (TPSA) is 26.3 Å². The fourth-order valence-corrected chi connectivity index (χ4v) is 1.09. The summed E-state index contributed by atoms with van der Waals surface area (Å²) in [5.41, 5.74) is 0.893. The number of rotatable bonds is 2. The van der Waals surface area contributed by atoms with Crippen LogP contribution in [0.5, 0.6) is 0 Å². The molecule has 1 rings (SSSR count). The third kappa shape index (κ3) is 4.53. The fraction of sp³-hybridized carbons (Fsp3) is 0.250. The van der Waals surface area contributed by atoms with E-state index in [4.69, 9.17) is 11.6 Å². The second-order valence-corrected chi connectivity index (χ2v) is 3.32. The van der Waals surface area contributed by atoms with Crippen LogP contribution in [-0.4, -0.2) is 13.1 Å². The molecule has 0 spiro atoms. The second kappa shape index (κ2) is 6.10. The minimum Gasteiger partial charge on any atom is -0.469 e. The summed E-state index contributed by atoms with van der Waals surface area (Å²) in [6, 6.07) is 7.25. The van der Waals surface area contributed by atoms with Gasteiger partial charge in [0.25, 0.3) is 0 Å². The molecule has 0 unspecified atom stereocenters. The van der Waals surface area contributed by atoms with Crippen LogP contribution in [0.15, 0.2) is 24.3 Å². The second-order valence-electron chi connectivity index (χ2n) is 2.88. The van der Waals surface area contributed by atoms with Gasteiger partial charge < -0.3 is 4.74 Å². The van der Waals surface area contributed by atoms with E-state index < -0.39 is 0 Å². The molecule has 0 saturated heterocycles. The van der Waals surface area contributed by atoms with Crippen molar-refractivity contribution in [2.45, 2.75) is 12.8 Å². The molecule has 0 radical (unpaired) electrons. The smallest absolute Gasteiger partial charge is 0.306 e. The summed E-state index contributed by atoms with van der Waals surface area (Å²) in [5.74, 6) is 5.59. The highest BCUT2D eigenvalue weighted by Gasteiger charge is 1.95. The van der Waals surface area contributed by atoms with Crippen LogP contribution in [0.2, 0.25) is 5.02 Å². The summed E-state index contributed by atoms with van der Waals surface area (Å²) in [6.45, 7) is 0. The van der Waals surface area contributed by atoms with Crippen molar-refractivity contribution in [2.24, 2.45) is 0 Å². The van der Waals surface area contributed by atoms with Crippen LogP contribution in [0.25, 0.3) is 0 Å². The molecule has 1 aromatic carbocycles. The van der Waals surface area contributed by atoms with Crippen molar-refractivity contribution in [2.75, 3.05) is 7.11 Å². The third-order valence-electron chi connectivity index (χ3n) is 1.76. The number of hydrogen-bond donors (Lipinski definition) is 0. The monoisotopic (exact) mass is 222 g/mol. The summed E-state index contributed by atoms with van der Waals surface area (Å²) in [4.78, 5) is 10.8. The number of hydrogen-bond acceptors (Lipinski definition) is 2. The zero-order valence-electron chi connectivity index (χ0n) is 8.42. The Hall–Kier alpha value is -1.46. The maximum Gasteiger partial charge on any atom is 0.306 e. The van der Waals surface area contributed by atoms with Crippen molar-refractivity contribution in [1.29, 1.82) is 0 Å². The van der Waals surface area contributed by atoms with Gasteiger partial charge in [-0.3, -0.25) is 4.79 Å². The van der Waals surface area contributed by atoms with Gasteiger partial charge in [-0.05, 0) is 24.3 Å². The number of ether oxygens (including phenoxy) is 1. The summed E-state index contributed by atoms with van der Waals surface area (Å²) >= 11 is 5.72. The van der Waals surface area contributed by atoms with Crippen molar-refractivity contribution in [3.63, 3.8) is 0 Å². The first-order valence-corrected chi connectivity index (χ1v) is 4.91. The van der Waals surface area contributed by atoms with Gasteiger partial charge in [0.05, 0.1) is 13.5 Å². The van der Waals surface area contributed by atoms with E-state index in [0.29, 0.717) is 17.9 Å². The average molecular weight is 223 g/mol. The van der Waals surface area contributed by atoms with Crippen molar-refractivity contribution in [1.82, 2.24) is 0 Å². The first kappa shape index (κ1) is 11.6. The first-order valence-electron chi connectivity index (χ1n) is 4.53. The first-order chi connectivity index (χ1) is 7.22. The SMILES string of the molecule is COC(=O)CCC#Cc1ccc(Cl)cc1. The van der Waals surface area contributed by atoms with Crippen LogP contribution >= 0.6 is 11.6 Å². The number of benzene rings is 1. The number of methoxy groups -OCH3 is 1. The average Bonchev–Trinajstić information content (AvgIpc) is 2.26. The number of halogens is 1. The summed E-state index contributed by atoms with van der Waals surface area (Å²) in [6.07, 6.45) is 0.840. The van der Waals surface area contributed by atoms with Gasteiger partial charge in [-0.25, -0.2) is 0 Å². The maximum absolute atomic E-state index is 10.8. The van der Waals surface area contributed by atoms with Gasteiger partial charge in [0.1, 0.15) is 0 Å². The van der Waals surface area contributed by atoms with Crippen molar-refractivity contribution in [3.8, 4) is 11.8 Å². The van der Waals surface area contributed by atoms with Crippen LogP contribution in [0, 0.1) is 11.8 Å². The predicted molar refractivity (Wildman–Crippen MR) is 59.6 cm³/mol. The minimum atomic E-state index is -0.236. The molecule has 1 aromatic rings. The van der Waals surface area contributed by atoms with Crippen molar-refractivity contribution >= 4 is 17.6 Å². The minimum absolute atomic E-state index is 0.236. The molecule has 0 aliphatic rings. The maximum atomic E-state index is 10.8. The molecule has 2 nitrogen and oxygen atoms in total. The lowest BCUT2D eigenvalue weighted by atomic mass is 10.2. The van der Waals surface area contributed by atoms with Gasteiger partial charge in [0, 0.05) is 17.0 Å². The molecule has 0 N–H and O–H groups in total. The highest BCUT2D eigenvalue weighted by Crippen LogP contribution is 2.08. The highest BCUT2D eigenvalue weighted by molar-refractivity contribution is 6.30. The van der Waals surface area contributed by atoms with Crippen LogP contribution in [0.4, 0.5) is 0 Å². The molecule has 0 heterocycles. The molecule has 0 saturated carbocycles. The Morgan fingerprint density at radius 3 is 2.67 bits per heavy atom.